The van der Waals surface area contributed by atoms with Crippen molar-refractivity contribution in [3.63, 3.8) is 0 Å². The highest BCUT2D eigenvalue weighted by atomic mass is 79.9. The van der Waals surface area contributed by atoms with Crippen LogP contribution in [0.25, 0.3) is 11.3 Å². The highest BCUT2D eigenvalue weighted by Crippen LogP contribution is 2.29. The minimum Gasteiger partial charge on any atom is -0.441 e. The number of anilines is 1. The predicted molar refractivity (Wildman–Crippen MR) is 56.3 cm³/mol. The summed E-state index contributed by atoms with van der Waals surface area (Å²) in [5.74, 6) is 1.22. The van der Waals surface area contributed by atoms with Crippen molar-refractivity contribution < 1.29 is 4.42 Å². The second-order valence-corrected chi connectivity index (χ2v) is 3.54. The van der Waals surface area contributed by atoms with Crippen LogP contribution in [0.1, 0.15) is 0 Å². The Morgan fingerprint density at radius 2 is 1.85 bits per heavy atom. The largest absolute Gasteiger partial charge is 0.441 e. The van der Waals surface area contributed by atoms with E-state index in [1.807, 2.05) is 30.3 Å². The van der Waals surface area contributed by atoms with Crippen molar-refractivity contribution in [1.29, 1.82) is 0 Å². The van der Waals surface area contributed by atoms with E-state index in [0.29, 0.717) is 5.88 Å². The highest BCUT2D eigenvalue weighted by Gasteiger charge is 2.05. The first kappa shape index (κ1) is 8.38. The molecule has 0 bridgehead atoms. The summed E-state index contributed by atoms with van der Waals surface area (Å²) in [6.45, 7) is 0. The van der Waals surface area contributed by atoms with Crippen molar-refractivity contribution in [3.05, 3.63) is 40.9 Å². The van der Waals surface area contributed by atoms with Gasteiger partial charge in [-0.1, -0.05) is 34.1 Å². The Labute approximate surface area is 84.5 Å². The lowest BCUT2D eigenvalue weighted by molar-refractivity contribution is 0.602. The van der Waals surface area contributed by atoms with Gasteiger partial charge in [0.15, 0.2) is 5.88 Å². The van der Waals surface area contributed by atoms with Gasteiger partial charge in [0, 0.05) is 16.1 Å². The van der Waals surface area contributed by atoms with Crippen molar-refractivity contribution in [2.45, 2.75) is 0 Å². The van der Waals surface area contributed by atoms with Gasteiger partial charge in [0.1, 0.15) is 5.76 Å². The first-order valence-corrected chi connectivity index (χ1v) is 4.67. The fourth-order valence-corrected chi connectivity index (χ4v) is 1.64. The molecule has 13 heavy (non-hydrogen) atoms. The molecular formula is C10H8BrNO. The third-order valence-corrected chi connectivity index (χ3v) is 2.46. The molecule has 0 atom stereocenters. The summed E-state index contributed by atoms with van der Waals surface area (Å²) >= 11 is 3.44. The minimum atomic E-state index is 0.436. The lowest BCUT2D eigenvalue weighted by Gasteiger charge is -1.98. The molecule has 0 fully saturated rings. The molecule has 1 heterocycles. The second kappa shape index (κ2) is 3.26. The second-order valence-electron chi connectivity index (χ2n) is 2.68. The van der Waals surface area contributed by atoms with E-state index in [-0.39, 0.29) is 0 Å². The molecule has 0 unspecified atom stereocenters. The van der Waals surface area contributed by atoms with E-state index < -0.39 is 0 Å². The predicted octanol–water partition coefficient (Wildman–Crippen LogP) is 3.29. The molecule has 3 heteroatoms. The van der Waals surface area contributed by atoms with Crippen LogP contribution in [0.5, 0.6) is 0 Å². The fourth-order valence-electron chi connectivity index (χ4n) is 1.16. The molecule has 2 N–H and O–H groups in total. The van der Waals surface area contributed by atoms with Gasteiger partial charge in [0.25, 0.3) is 0 Å². The van der Waals surface area contributed by atoms with Crippen LogP contribution >= 0.6 is 15.9 Å². The van der Waals surface area contributed by atoms with Crippen molar-refractivity contribution in [1.82, 2.24) is 0 Å². The zero-order chi connectivity index (χ0) is 9.26. The van der Waals surface area contributed by atoms with Crippen LogP contribution in [0.3, 0.4) is 0 Å². The Hall–Kier alpha value is -1.22. The van der Waals surface area contributed by atoms with Gasteiger partial charge < -0.3 is 10.2 Å². The quantitative estimate of drug-likeness (QED) is 0.827. The monoisotopic (exact) mass is 237 g/mol. The fraction of sp³-hybridized carbons (Fsp3) is 0. The van der Waals surface area contributed by atoms with E-state index in [2.05, 4.69) is 15.9 Å². The summed E-state index contributed by atoms with van der Waals surface area (Å²) in [6, 6.07) is 11.5. The van der Waals surface area contributed by atoms with Gasteiger partial charge in [0.2, 0.25) is 0 Å². The number of halogens is 1. The molecule has 0 saturated carbocycles. The van der Waals surface area contributed by atoms with Gasteiger partial charge >= 0.3 is 0 Å². The van der Waals surface area contributed by atoms with Gasteiger partial charge in [0.05, 0.1) is 0 Å². The SMILES string of the molecule is Nc1ccc(-c2ccccc2Br)o1. The standard InChI is InChI=1S/C10H8BrNO/c11-8-4-2-1-3-7(8)9-5-6-10(12)13-9/h1-6H,12H2. The van der Waals surface area contributed by atoms with E-state index in [1.165, 1.54) is 0 Å². The van der Waals surface area contributed by atoms with Crippen LogP contribution in [0.15, 0.2) is 45.3 Å². The summed E-state index contributed by atoms with van der Waals surface area (Å²) in [5.41, 5.74) is 6.50. The Morgan fingerprint density at radius 1 is 1.08 bits per heavy atom. The molecule has 0 radical (unpaired) electrons. The van der Waals surface area contributed by atoms with Gasteiger partial charge in [-0.05, 0) is 12.1 Å². The maximum Gasteiger partial charge on any atom is 0.190 e. The number of rotatable bonds is 1. The summed E-state index contributed by atoms with van der Waals surface area (Å²) < 4.78 is 6.30. The minimum absolute atomic E-state index is 0.436. The lowest BCUT2D eigenvalue weighted by Crippen LogP contribution is -1.77. The van der Waals surface area contributed by atoms with Gasteiger partial charge in [-0.25, -0.2) is 0 Å². The highest BCUT2D eigenvalue weighted by molar-refractivity contribution is 9.10. The molecule has 0 spiro atoms. The molecule has 2 nitrogen and oxygen atoms in total. The van der Waals surface area contributed by atoms with Crippen molar-refractivity contribution >= 4 is 21.8 Å². The van der Waals surface area contributed by atoms with Gasteiger partial charge in [-0.2, -0.15) is 0 Å². The van der Waals surface area contributed by atoms with E-state index in [1.54, 1.807) is 6.07 Å². The molecule has 2 rings (SSSR count). The number of benzene rings is 1. The molecular weight excluding hydrogens is 230 g/mol. The maximum atomic E-state index is 5.48. The number of nitrogen functional groups attached to an aromatic ring is 1. The van der Waals surface area contributed by atoms with E-state index in [9.17, 15) is 0 Å². The molecule has 0 aliphatic rings. The number of nitrogens with two attached hydrogens (primary N) is 1. The lowest BCUT2D eigenvalue weighted by atomic mass is 10.2. The van der Waals surface area contributed by atoms with Crippen LogP contribution in [-0.2, 0) is 0 Å². The number of furan rings is 1. The Bertz CT molecular complexity index is 422. The van der Waals surface area contributed by atoms with Crippen molar-refractivity contribution in [3.8, 4) is 11.3 Å². The number of hydrogen-bond donors (Lipinski definition) is 1. The smallest absolute Gasteiger partial charge is 0.190 e. The third kappa shape index (κ3) is 1.60. The summed E-state index contributed by atoms with van der Waals surface area (Å²) in [4.78, 5) is 0. The Kier molecular flexibility index (Phi) is 2.10. The molecule has 66 valence electrons. The topological polar surface area (TPSA) is 39.2 Å². The Morgan fingerprint density at radius 3 is 2.46 bits per heavy atom. The zero-order valence-electron chi connectivity index (χ0n) is 6.83. The first-order valence-electron chi connectivity index (χ1n) is 3.87. The average Bonchev–Trinajstić information content (AvgIpc) is 2.53. The molecule has 2 aromatic rings. The normalized spacial score (nSPS) is 10.2. The van der Waals surface area contributed by atoms with Crippen LogP contribution in [0.4, 0.5) is 5.88 Å². The van der Waals surface area contributed by atoms with E-state index in [4.69, 9.17) is 10.2 Å². The molecule has 0 amide bonds. The van der Waals surface area contributed by atoms with E-state index in [0.717, 1.165) is 15.8 Å². The van der Waals surface area contributed by atoms with Gasteiger partial charge in [-0.3, -0.25) is 0 Å². The number of hydrogen-bond acceptors (Lipinski definition) is 2. The molecule has 0 aliphatic heterocycles. The Balaban J connectivity index is 2.52. The van der Waals surface area contributed by atoms with Crippen LogP contribution in [-0.4, -0.2) is 0 Å². The molecule has 0 saturated heterocycles. The first-order chi connectivity index (χ1) is 6.27. The summed E-state index contributed by atoms with van der Waals surface area (Å²) in [5, 5.41) is 0. The average molecular weight is 238 g/mol. The van der Waals surface area contributed by atoms with Gasteiger partial charge in [-0.15, -0.1) is 0 Å². The summed E-state index contributed by atoms with van der Waals surface area (Å²) in [6.07, 6.45) is 0. The van der Waals surface area contributed by atoms with E-state index >= 15 is 0 Å². The van der Waals surface area contributed by atoms with Crippen LogP contribution in [0.2, 0.25) is 0 Å². The molecule has 1 aromatic carbocycles. The van der Waals surface area contributed by atoms with Crippen LogP contribution < -0.4 is 5.73 Å². The zero-order valence-corrected chi connectivity index (χ0v) is 8.41. The van der Waals surface area contributed by atoms with Crippen molar-refractivity contribution in [2.75, 3.05) is 5.73 Å². The maximum absolute atomic E-state index is 5.48. The summed E-state index contributed by atoms with van der Waals surface area (Å²) in [7, 11) is 0. The van der Waals surface area contributed by atoms with Crippen LogP contribution in [0, 0.1) is 0 Å². The van der Waals surface area contributed by atoms with Crippen molar-refractivity contribution in [2.24, 2.45) is 0 Å². The third-order valence-electron chi connectivity index (χ3n) is 1.77. The molecule has 1 aromatic heterocycles. The molecule has 0 aliphatic carbocycles.